The molecular weight excluding hydrogens is 370 g/mol. The smallest absolute Gasteiger partial charge is 0.271 e. The van der Waals surface area contributed by atoms with Crippen molar-refractivity contribution in [3.8, 4) is 5.75 Å². The summed E-state index contributed by atoms with van der Waals surface area (Å²) < 4.78 is 24.1. The van der Waals surface area contributed by atoms with Gasteiger partial charge in [0.15, 0.2) is 11.4 Å². The van der Waals surface area contributed by atoms with Gasteiger partial charge in [-0.3, -0.25) is 18.4 Å². The molecule has 0 spiro atoms. The quantitative estimate of drug-likeness (QED) is 0.620. The van der Waals surface area contributed by atoms with Gasteiger partial charge in [0.05, 0.1) is 12.2 Å². The van der Waals surface area contributed by atoms with E-state index >= 15 is 0 Å². The van der Waals surface area contributed by atoms with E-state index in [9.17, 15) is 23.5 Å². The molecule has 1 heterocycles. The first kappa shape index (κ1) is 20.7. The summed E-state index contributed by atoms with van der Waals surface area (Å²) >= 11 is -2.35. The molecule has 0 saturated carbocycles. The Balaban J connectivity index is 2.48. The van der Waals surface area contributed by atoms with Gasteiger partial charge in [0.25, 0.3) is 17.2 Å². The van der Waals surface area contributed by atoms with Crippen molar-refractivity contribution in [3.05, 3.63) is 57.5 Å². The molecule has 0 radical (unpaired) electrons. The molecule has 1 aromatic carbocycles. The number of pyridine rings is 1. The van der Waals surface area contributed by atoms with E-state index in [1.807, 2.05) is 19.9 Å². The van der Waals surface area contributed by atoms with E-state index in [0.29, 0.717) is 24.3 Å². The number of hydrogen-bond donors (Lipinski definition) is 3. The molecule has 0 aliphatic carbocycles. The number of rotatable bonds is 7. The van der Waals surface area contributed by atoms with Crippen LogP contribution >= 0.6 is 0 Å². The lowest BCUT2D eigenvalue weighted by molar-refractivity contribution is 0.0940. The van der Waals surface area contributed by atoms with Crippen LogP contribution in [-0.4, -0.2) is 30.9 Å². The molecule has 2 aromatic rings. The molecule has 3 N–H and O–H groups in total. The number of carbonyl (C=O) groups excluding carboxylic acids is 1. The Labute approximate surface area is 159 Å². The first-order valence-electron chi connectivity index (χ1n) is 8.41. The normalized spacial score (nSPS) is 11.9. The second-order valence-corrected chi connectivity index (χ2v) is 7.02. The maximum absolute atomic E-state index is 12.3. The van der Waals surface area contributed by atoms with Crippen LogP contribution in [0.15, 0.2) is 35.1 Å². The van der Waals surface area contributed by atoms with Crippen molar-refractivity contribution < 1.29 is 18.7 Å². The van der Waals surface area contributed by atoms with E-state index in [2.05, 4.69) is 5.32 Å². The lowest BCUT2D eigenvalue weighted by atomic mass is 10.2. The zero-order valence-corrected chi connectivity index (χ0v) is 16.2. The number of carbonyl (C=O) groups is 1. The average molecular weight is 393 g/mol. The summed E-state index contributed by atoms with van der Waals surface area (Å²) in [5.41, 5.74) is 0.801. The van der Waals surface area contributed by atoms with Crippen LogP contribution in [0.1, 0.15) is 35.1 Å². The molecule has 0 aliphatic heterocycles. The second kappa shape index (κ2) is 8.83. The Kier molecular flexibility index (Phi) is 6.75. The predicted octanol–water partition coefficient (Wildman–Crippen LogP) is 1.68. The fourth-order valence-corrected chi connectivity index (χ4v) is 3.17. The molecule has 1 unspecified atom stereocenters. The second-order valence-electron chi connectivity index (χ2n) is 6.12. The summed E-state index contributed by atoms with van der Waals surface area (Å²) in [4.78, 5) is 24.5. The van der Waals surface area contributed by atoms with Gasteiger partial charge in [-0.2, -0.15) is 0 Å². The predicted molar refractivity (Wildman–Crippen MR) is 104 cm³/mol. The maximum atomic E-state index is 12.3. The highest BCUT2D eigenvalue weighted by atomic mass is 32.2. The third-order valence-corrected chi connectivity index (χ3v) is 4.77. The summed E-state index contributed by atoms with van der Waals surface area (Å²) in [6.07, 6.45) is 0.699. The van der Waals surface area contributed by atoms with Crippen LogP contribution < -0.4 is 15.1 Å². The van der Waals surface area contributed by atoms with Crippen molar-refractivity contribution in [1.82, 2.24) is 9.88 Å². The minimum absolute atomic E-state index is 0.105. The highest BCUT2D eigenvalue weighted by molar-refractivity contribution is 7.80. The maximum Gasteiger partial charge on any atom is 0.271 e. The molecule has 2 rings (SSSR count). The molecule has 146 valence electrons. The van der Waals surface area contributed by atoms with Crippen molar-refractivity contribution in [3.63, 3.8) is 0 Å². The summed E-state index contributed by atoms with van der Waals surface area (Å²) in [5, 5.41) is 12.7. The molecule has 0 fully saturated rings. The van der Waals surface area contributed by atoms with Gasteiger partial charge in [-0.15, -0.1) is 0 Å². The fourth-order valence-electron chi connectivity index (χ4n) is 2.64. The number of anilines is 1. The van der Waals surface area contributed by atoms with Gasteiger partial charge in [0, 0.05) is 25.4 Å². The number of hydrogen-bond acceptors (Lipinski definition) is 4. The topological polar surface area (TPSA) is 112 Å². The van der Waals surface area contributed by atoms with Gasteiger partial charge in [-0.1, -0.05) is 19.1 Å². The number of benzene rings is 1. The molecule has 1 atom stereocenters. The summed E-state index contributed by atoms with van der Waals surface area (Å²) in [6, 6.07) is 8.18. The number of aromatic hydroxyl groups is 1. The summed E-state index contributed by atoms with van der Waals surface area (Å²) in [6.45, 7) is 4.03. The van der Waals surface area contributed by atoms with Gasteiger partial charge in [-0.25, -0.2) is 4.21 Å². The van der Waals surface area contributed by atoms with Gasteiger partial charge in [0.1, 0.15) is 0 Å². The van der Waals surface area contributed by atoms with E-state index in [1.54, 1.807) is 18.2 Å². The van der Waals surface area contributed by atoms with Crippen molar-refractivity contribution in [2.24, 2.45) is 7.05 Å². The van der Waals surface area contributed by atoms with Crippen LogP contribution in [0.2, 0.25) is 0 Å². The van der Waals surface area contributed by atoms with E-state index in [0.717, 1.165) is 11.6 Å². The minimum Gasteiger partial charge on any atom is -0.503 e. The first-order valence-corrected chi connectivity index (χ1v) is 9.47. The molecule has 1 aromatic heterocycles. The van der Waals surface area contributed by atoms with Crippen molar-refractivity contribution in [2.75, 3.05) is 10.8 Å². The average Bonchev–Trinajstić information content (AvgIpc) is 2.61. The molecule has 0 bridgehead atoms. The lowest BCUT2D eigenvalue weighted by Crippen LogP contribution is -2.32. The summed E-state index contributed by atoms with van der Waals surface area (Å²) in [5.74, 6) is -1.23. The Morgan fingerprint density at radius 3 is 2.63 bits per heavy atom. The zero-order chi connectivity index (χ0) is 20.1. The molecule has 27 heavy (non-hydrogen) atoms. The first-order chi connectivity index (χ1) is 12.8. The van der Waals surface area contributed by atoms with Crippen LogP contribution in [0.3, 0.4) is 0 Å². The monoisotopic (exact) mass is 393 g/mol. The molecule has 0 aliphatic rings. The number of nitrogens with zero attached hydrogens (tertiary/aromatic N) is 2. The summed E-state index contributed by atoms with van der Waals surface area (Å²) in [7, 11) is 1.52. The van der Waals surface area contributed by atoms with Crippen LogP contribution in [0, 0.1) is 6.92 Å². The number of nitrogens with one attached hydrogen (secondary N) is 1. The molecule has 1 amide bonds. The van der Waals surface area contributed by atoms with Gasteiger partial charge >= 0.3 is 0 Å². The van der Waals surface area contributed by atoms with Crippen molar-refractivity contribution in [1.29, 1.82) is 0 Å². The third kappa shape index (κ3) is 4.75. The number of amides is 1. The number of aryl methyl sites for hydroxylation is 1. The van der Waals surface area contributed by atoms with Crippen LogP contribution in [0.4, 0.5) is 5.69 Å². The molecule has 0 saturated heterocycles. The van der Waals surface area contributed by atoms with Crippen LogP contribution in [-0.2, 0) is 24.9 Å². The van der Waals surface area contributed by atoms with E-state index in [-0.39, 0.29) is 12.2 Å². The fraction of sp³-hybridized carbons (Fsp3) is 0.333. The Hall–Kier alpha value is -2.65. The highest BCUT2D eigenvalue weighted by Crippen LogP contribution is 2.21. The number of aromatic nitrogens is 1. The Bertz CT molecular complexity index is 926. The van der Waals surface area contributed by atoms with Crippen molar-refractivity contribution >= 4 is 22.9 Å². The molecule has 9 heteroatoms. The van der Waals surface area contributed by atoms with Crippen molar-refractivity contribution in [2.45, 2.75) is 26.8 Å². The van der Waals surface area contributed by atoms with Gasteiger partial charge < -0.3 is 15.0 Å². The van der Waals surface area contributed by atoms with Gasteiger partial charge in [-0.05, 0) is 31.0 Å². The van der Waals surface area contributed by atoms with E-state index in [4.69, 9.17) is 0 Å². The van der Waals surface area contributed by atoms with Crippen LogP contribution in [0.5, 0.6) is 5.75 Å². The molecular formula is C18H23N3O5S. The van der Waals surface area contributed by atoms with E-state index < -0.39 is 28.4 Å². The Morgan fingerprint density at radius 2 is 2.04 bits per heavy atom. The Morgan fingerprint density at radius 1 is 1.33 bits per heavy atom. The zero-order valence-electron chi connectivity index (χ0n) is 15.4. The highest BCUT2D eigenvalue weighted by Gasteiger charge is 2.22. The molecule has 8 nitrogen and oxygen atoms in total. The SMILES string of the molecule is CCCNC(=O)c1c(O)c(=O)cc(CN(c2cccc(C)c2)S(=O)O)n1C. The lowest BCUT2D eigenvalue weighted by Gasteiger charge is -2.23. The van der Waals surface area contributed by atoms with Crippen LogP contribution in [0.25, 0.3) is 0 Å². The minimum atomic E-state index is -2.35. The standard InChI is InChI=1S/C18H23N3O5S/c1-4-8-19-18(24)16-17(23)15(22)10-14(20(16)3)11-21(27(25)26)13-7-5-6-12(2)9-13/h5-7,9-10,23H,4,8,11H2,1-3H3,(H,19,24)(H,25,26). The largest absolute Gasteiger partial charge is 0.503 e. The van der Waals surface area contributed by atoms with Gasteiger partial charge in [0.2, 0.25) is 5.43 Å². The van der Waals surface area contributed by atoms with E-state index in [1.165, 1.54) is 15.9 Å². The third-order valence-electron chi connectivity index (χ3n) is 4.06.